The van der Waals surface area contributed by atoms with Gasteiger partial charge in [-0.2, -0.15) is 0 Å². The first kappa shape index (κ1) is 90.5. The van der Waals surface area contributed by atoms with Crippen LogP contribution in [-0.2, 0) is 21.7 Å². The monoisotopic (exact) mass is 1910 g/mol. The van der Waals surface area contributed by atoms with Crippen molar-refractivity contribution in [3.8, 4) is 203 Å². The predicted molar refractivity (Wildman–Crippen MR) is 611 cm³/mol. The van der Waals surface area contributed by atoms with E-state index in [9.17, 15) is 0 Å². The van der Waals surface area contributed by atoms with E-state index in [0.29, 0.717) is 52.4 Å². The first-order valence-electron chi connectivity index (χ1n) is 51.2. The second-order valence-electron chi connectivity index (χ2n) is 41.5. The number of furan rings is 1. The van der Waals surface area contributed by atoms with E-state index in [4.69, 9.17) is 49.3 Å². The number of aromatic nitrogens is 9. The molecule has 0 fully saturated rings. The number of benzene rings is 20. The largest absolute Gasteiger partial charge is 0.455 e. The lowest BCUT2D eigenvalue weighted by molar-refractivity contribution is 0.660. The van der Waals surface area contributed by atoms with Gasteiger partial charge in [0.25, 0.3) is 0 Å². The fraction of sp³-hybridized carbons (Fsp3) is 0.0863. The average Bonchev–Trinajstić information content (AvgIpc) is 1.56. The molecule has 0 aliphatic heterocycles. The second-order valence-corrected chi connectivity index (χ2v) is 41.5. The van der Waals surface area contributed by atoms with Gasteiger partial charge >= 0.3 is 0 Å². The highest BCUT2D eigenvalue weighted by Crippen LogP contribution is 2.57. The summed E-state index contributed by atoms with van der Waals surface area (Å²) < 4.78 is 6.57. The van der Waals surface area contributed by atoms with Gasteiger partial charge in [-0.25, -0.2) is 44.9 Å². The maximum absolute atomic E-state index is 6.57. The van der Waals surface area contributed by atoms with Gasteiger partial charge in [-0.1, -0.05) is 450 Å². The molecule has 0 amide bonds. The third-order valence-corrected chi connectivity index (χ3v) is 31.0. The predicted octanol–water partition coefficient (Wildman–Crippen LogP) is 35.2. The topological polar surface area (TPSA) is 129 Å². The van der Waals surface area contributed by atoms with Gasteiger partial charge < -0.3 is 4.42 Å². The van der Waals surface area contributed by atoms with E-state index in [2.05, 4.69) is 353 Å². The third kappa shape index (κ3) is 16.1. The fourth-order valence-corrected chi connectivity index (χ4v) is 23.1. The lowest BCUT2D eigenvalue weighted by Crippen LogP contribution is -2.15. The van der Waals surface area contributed by atoms with Gasteiger partial charge in [0.2, 0.25) is 0 Å². The van der Waals surface area contributed by atoms with Gasteiger partial charge in [0.15, 0.2) is 52.4 Å². The summed E-state index contributed by atoms with van der Waals surface area (Å²) in [6.07, 6.45) is 0. The summed E-state index contributed by atoms with van der Waals surface area (Å²) in [5.74, 6) is 5.82. The van der Waals surface area contributed by atoms with Crippen molar-refractivity contribution in [3.05, 3.63) is 512 Å². The lowest BCUT2D eigenvalue weighted by atomic mass is 9.81. The average molecular weight is 1910 g/mol. The molecule has 4 aromatic heterocycles. The Bertz CT molecular complexity index is 9140. The maximum atomic E-state index is 6.57. The van der Waals surface area contributed by atoms with Crippen LogP contribution in [0.4, 0.5) is 0 Å². The summed E-state index contributed by atoms with van der Waals surface area (Å²) in [7, 11) is 0. The number of fused-ring (bicyclic) bond motifs is 17. The Balaban J connectivity index is 0.000000114. The smallest absolute Gasteiger partial charge is 0.164 e. The molecule has 28 rings (SSSR count). The van der Waals surface area contributed by atoms with Crippen molar-refractivity contribution in [2.75, 3.05) is 0 Å². The van der Waals surface area contributed by atoms with Crippen molar-refractivity contribution in [2.45, 2.75) is 77.0 Å². The molecular weight excluding hydrogens is 1810 g/mol. The Morgan fingerprint density at radius 2 is 0.403 bits per heavy atom. The lowest BCUT2D eigenvalue weighted by Gasteiger charge is -2.22. The van der Waals surface area contributed by atoms with Crippen LogP contribution in [0.25, 0.3) is 235 Å². The van der Waals surface area contributed by atoms with E-state index < -0.39 is 0 Å². The van der Waals surface area contributed by atoms with Crippen LogP contribution in [0.15, 0.2) is 472 Å². The highest BCUT2D eigenvalue weighted by molar-refractivity contribution is 6.10. The molecule has 10 heteroatoms. The summed E-state index contributed by atoms with van der Waals surface area (Å²) in [6.45, 7) is 18.7. The third-order valence-electron chi connectivity index (χ3n) is 31.0. The zero-order valence-corrected chi connectivity index (χ0v) is 83.9. The molecule has 0 N–H and O–H groups in total. The van der Waals surface area contributed by atoms with Gasteiger partial charge in [0, 0.05) is 88.1 Å². The summed E-state index contributed by atoms with van der Waals surface area (Å²) in [5, 5.41) is 4.80. The molecule has 0 spiro atoms. The molecule has 4 aliphatic rings. The summed E-state index contributed by atoms with van der Waals surface area (Å²) >= 11 is 0. The van der Waals surface area contributed by atoms with E-state index in [1.165, 1.54) is 116 Å². The molecule has 149 heavy (non-hydrogen) atoms. The van der Waals surface area contributed by atoms with Gasteiger partial charge in [-0.15, -0.1) is 0 Å². The van der Waals surface area contributed by atoms with E-state index in [-0.39, 0.29) is 21.7 Å². The number of hydrogen-bond acceptors (Lipinski definition) is 10. The molecule has 4 heterocycles. The fourth-order valence-electron chi connectivity index (χ4n) is 23.1. The van der Waals surface area contributed by atoms with Crippen LogP contribution in [0, 0.1) is 0 Å². The van der Waals surface area contributed by atoms with Crippen LogP contribution in [-0.4, -0.2) is 44.9 Å². The van der Waals surface area contributed by atoms with Crippen LogP contribution < -0.4 is 0 Å². The van der Waals surface area contributed by atoms with Crippen molar-refractivity contribution in [2.24, 2.45) is 0 Å². The maximum Gasteiger partial charge on any atom is 0.164 e. The molecule has 24 aromatic rings. The summed E-state index contributed by atoms with van der Waals surface area (Å²) in [5.41, 5.74) is 42.5. The van der Waals surface area contributed by atoms with E-state index in [1.807, 2.05) is 170 Å². The second kappa shape index (κ2) is 36.4. The van der Waals surface area contributed by atoms with Gasteiger partial charge in [-0.3, -0.25) is 0 Å². The Labute approximate surface area is 867 Å². The standard InChI is InChI=1S/C51H39N3.C48H33N3O.C40H29N3/c1-50(2)43-21-13-11-19-39(43)41-25-23-34(30-45(41)50)36-27-37(35-24-26-42-40-20-12-14-22-44(40)51(3,4)46(42)31-35)29-38(28-36)49-53-47(32-15-7-5-8-16-32)52-48(54-49)33-17-9-6-10-18-33;1-48(2)41-22-11-9-18-37(41)38-25-24-32(29-42(38)48)33-26-34(36-20-13-21-40-39-19-10-12-23-43(39)52-44(36)40)28-35(27-33)47-50-45(30-14-5-3-6-15-30)49-46(51-47)31-16-7-4-8-17-31;1-40(2)34-23-21-26-12-9-10-19-32(26)36(34)33-22-20-30(25-35(33)40)29-17-11-18-31(24-29)39-42-37(27-13-5-3-6-14-27)41-38(43-39)28-15-7-4-8-16-28/h5-31H,1-4H3;3-29H,1-2H3;3-25H,1-2H3. The van der Waals surface area contributed by atoms with E-state index in [1.54, 1.807) is 0 Å². The Morgan fingerprint density at radius 3 is 0.812 bits per heavy atom. The van der Waals surface area contributed by atoms with Crippen molar-refractivity contribution in [1.29, 1.82) is 0 Å². The minimum absolute atomic E-state index is 0.0916. The van der Waals surface area contributed by atoms with E-state index >= 15 is 0 Å². The Kier molecular flexibility index (Phi) is 22.1. The summed E-state index contributed by atoms with van der Waals surface area (Å²) in [4.78, 5) is 45.3. The number of hydrogen-bond donors (Lipinski definition) is 0. The van der Waals surface area contributed by atoms with Crippen LogP contribution in [0.1, 0.15) is 99.9 Å². The normalized spacial score (nSPS) is 13.4. The molecule has 0 radical (unpaired) electrons. The number of nitrogens with zero attached hydrogens (tertiary/aromatic N) is 9. The van der Waals surface area contributed by atoms with Gasteiger partial charge in [-0.05, 0) is 223 Å². The number of rotatable bonds is 14. The van der Waals surface area contributed by atoms with Crippen molar-refractivity contribution in [3.63, 3.8) is 0 Å². The van der Waals surface area contributed by atoms with Crippen LogP contribution in [0.5, 0.6) is 0 Å². The van der Waals surface area contributed by atoms with Gasteiger partial charge in [0.1, 0.15) is 11.2 Å². The SMILES string of the molecule is CC1(C)c2cc(-c3cccc(-c4nc(-c5ccccc5)nc(-c5ccccc5)n4)c3)ccc2-c2c1ccc1ccccc21.CC1(C)c2ccccc2-c2ccc(-c3cc(-c4ccc5c(c4)C(C)(C)c4ccccc4-5)cc(-c4nc(-c5ccccc5)nc(-c5ccccc5)n4)c3)cc21.CC1(C)c2ccccc2-c2ccc(-c3cc(-c4nc(-c5ccccc5)nc(-c5ccccc5)n4)cc(-c4cccc5c4oc4ccccc45)c3)cc21. The number of para-hydroxylation sites is 2. The molecule has 0 atom stereocenters. The van der Waals surface area contributed by atoms with Crippen LogP contribution >= 0.6 is 0 Å². The molecule has 708 valence electrons. The van der Waals surface area contributed by atoms with Crippen LogP contribution in [0.2, 0.25) is 0 Å². The molecule has 0 unspecified atom stereocenters. The van der Waals surface area contributed by atoms with Gasteiger partial charge in [0.05, 0.1) is 0 Å². The van der Waals surface area contributed by atoms with Crippen molar-refractivity contribution >= 4 is 32.7 Å². The van der Waals surface area contributed by atoms with E-state index in [0.717, 1.165) is 111 Å². The van der Waals surface area contributed by atoms with Crippen molar-refractivity contribution < 1.29 is 4.42 Å². The first-order valence-corrected chi connectivity index (χ1v) is 51.2. The zero-order chi connectivity index (χ0) is 100. The molecule has 0 bridgehead atoms. The first-order chi connectivity index (χ1) is 72.8. The minimum atomic E-state index is -0.119. The van der Waals surface area contributed by atoms with Crippen LogP contribution in [0.3, 0.4) is 0 Å². The highest BCUT2D eigenvalue weighted by Gasteiger charge is 2.41. The molecule has 4 aliphatic carbocycles. The molecule has 10 nitrogen and oxygen atoms in total. The Hall–Kier alpha value is -18.5. The molecular formula is C139H101N9O. The minimum Gasteiger partial charge on any atom is -0.455 e. The quantitative estimate of drug-likeness (QED) is 0.104. The zero-order valence-electron chi connectivity index (χ0n) is 83.9. The summed E-state index contributed by atoms with van der Waals surface area (Å²) in [6, 6.07) is 165. The molecule has 0 saturated carbocycles. The molecule has 0 saturated heterocycles. The molecule has 20 aromatic carbocycles. The highest BCUT2D eigenvalue weighted by atomic mass is 16.3. The Morgan fingerprint density at radius 1 is 0.148 bits per heavy atom. The van der Waals surface area contributed by atoms with Crippen molar-refractivity contribution in [1.82, 2.24) is 44.9 Å².